The van der Waals surface area contributed by atoms with Crippen molar-refractivity contribution in [3.8, 4) is 0 Å². The average molecular weight is 461 g/mol. The molecule has 1 heterocycles. The quantitative estimate of drug-likeness (QED) is 0.485. The summed E-state index contributed by atoms with van der Waals surface area (Å²) in [7, 11) is 0. The van der Waals surface area contributed by atoms with Gasteiger partial charge in [0, 0.05) is 36.1 Å². The first-order chi connectivity index (χ1) is 14.9. The topological polar surface area (TPSA) is 99.3 Å². The molecule has 3 amide bonds. The van der Waals surface area contributed by atoms with Crippen LogP contribution in [0.2, 0.25) is 5.02 Å². The van der Waals surface area contributed by atoms with Gasteiger partial charge >= 0.3 is 0 Å². The van der Waals surface area contributed by atoms with E-state index in [9.17, 15) is 14.4 Å². The molecule has 0 aliphatic carbocycles. The molecule has 1 aliphatic heterocycles. The second kappa shape index (κ2) is 11.2. The average Bonchev–Trinajstić information content (AvgIpc) is 2.74. The number of thioether (sulfide) groups is 1. The van der Waals surface area contributed by atoms with E-state index in [1.54, 1.807) is 12.1 Å². The minimum atomic E-state index is -0.444. The zero-order chi connectivity index (χ0) is 22.2. The monoisotopic (exact) mass is 460 g/mol. The normalized spacial score (nSPS) is 18.2. The number of nitrogens with one attached hydrogen (secondary N) is 4. The Labute approximate surface area is 190 Å². The molecular formula is C22H25ClN4O3S. The van der Waals surface area contributed by atoms with Gasteiger partial charge in [0.15, 0.2) is 0 Å². The van der Waals surface area contributed by atoms with E-state index in [4.69, 9.17) is 11.6 Å². The molecule has 31 heavy (non-hydrogen) atoms. The van der Waals surface area contributed by atoms with Gasteiger partial charge in [-0.05, 0) is 30.2 Å². The van der Waals surface area contributed by atoms with Crippen molar-refractivity contribution in [2.45, 2.75) is 37.8 Å². The summed E-state index contributed by atoms with van der Waals surface area (Å²) in [5.74, 6) is -0.351. The van der Waals surface area contributed by atoms with Crippen molar-refractivity contribution in [1.29, 1.82) is 0 Å². The summed E-state index contributed by atoms with van der Waals surface area (Å²) in [6.07, 6.45) is 0.398. The highest BCUT2D eigenvalue weighted by atomic mass is 35.5. The summed E-state index contributed by atoms with van der Waals surface area (Å²) in [6, 6.07) is 14.7. The number of hydrogen-bond donors (Lipinski definition) is 4. The number of carbonyl (C=O) groups excluding carboxylic acids is 3. The van der Waals surface area contributed by atoms with E-state index in [1.165, 1.54) is 11.8 Å². The third-order valence-corrected chi connectivity index (χ3v) is 6.14. The Morgan fingerprint density at radius 1 is 1.16 bits per heavy atom. The highest BCUT2D eigenvalue weighted by molar-refractivity contribution is 8.00. The Morgan fingerprint density at radius 2 is 1.94 bits per heavy atom. The highest BCUT2D eigenvalue weighted by Crippen LogP contribution is 2.20. The van der Waals surface area contributed by atoms with Crippen molar-refractivity contribution < 1.29 is 14.4 Å². The van der Waals surface area contributed by atoms with E-state index in [2.05, 4.69) is 21.3 Å². The van der Waals surface area contributed by atoms with Crippen LogP contribution in [0.3, 0.4) is 0 Å². The Hall–Kier alpha value is -2.55. The van der Waals surface area contributed by atoms with Gasteiger partial charge in [-0.1, -0.05) is 48.0 Å². The third-order valence-electron chi connectivity index (χ3n) is 4.71. The Kier molecular flexibility index (Phi) is 8.34. The van der Waals surface area contributed by atoms with Crippen LogP contribution in [0.5, 0.6) is 0 Å². The molecule has 2 atom stereocenters. The lowest BCUT2D eigenvalue weighted by Gasteiger charge is -2.30. The van der Waals surface area contributed by atoms with Gasteiger partial charge in [0.25, 0.3) is 0 Å². The van der Waals surface area contributed by atoms with Gasteiger partial charge < -0.3 is 16.0 Å². The molecular weight excluding hydrogens is 436 g/mol. The summed E-state index contributed by atoms with van der Waals surface area (Å²) in [4.78, 5) is 36.5. The van der Waals surface area contributed by atoms with Gasteiger partial charge in [-0.25, -0.2) is 0 Å². The number of aryl methyl sites for hydroxylation is 1. The largest absolute Gasteiger partial charge is 0.352 e. The Balaban J connectivity index is 1.43. The van der Waals surface area contributed by atoms with Gasteiger partial charge in [-0.3, -0.25) is 19.7 Å². The van der Waals surface area contributed by atoms with Gasteiger partial charge in [0.1, 0.15) is 5.50 Å². The van der Waals surface area contributed by atoms with E-state index in [1.807, 2.05) is 43.3 Å². The number of rotatable bonds is 8. The first-order valence-corrected chi connectivity index (χ1v) is 11.4. The van der Waals surface area contributed by atoms with Gasteiger partial charge in [0.2, 0.25) is 17.7 Å². The highest BCUT2D eigenvalue weighted by Gasteiger charge is 2.28. The first-order valence-electron chi connectivity index (χ1n) is 9.92. The molecule has 0 spiro atoms. The molecule has 1 fully saturated rings. The minimum absolute atomic E-state index is 0.131. The van der Waals surface area contributed by atoms with E-state index in [-0.39, 0.29) is 42.4 Å². The molecule has 1 aliphatic rings. The fourth-order valence-corrected chi connectivity index (χ4v) is 4.16. The SMILES string of the molecule is Cc1ccc(NC(=O)CSC2NC(=O)CC(CC(=O)NCc3ccccc3)N2)cc1Cl. The predicted octanol–water partition coefficient (Wildman–Crippen LogP) is 2.79. The van der Waals surface area contributed by atoms with Crippen LogP contribution in [0.25, 0.3) is 0 Å². The second-order valence-electron chi connectivity index (χ2n) is 7.30. The number of amides is 3. The molecule has 1 saturated heterocycles. The predicted molar refractivity (Wildman–Crippen MR) is 124 cm³/mol. The maximum Gasteiger partial charge on any atom is 0.234 e. The Morgan fingerprint density at radius 3 is 2.68 bits per heavy atom. The van der Waals surface area contributed by atoms with E-state index in [0.29, 0.717) is 17.3 Å². The van der Waals surface area contributed by atoms with Gasteiger partial charge in [0.05, 0.1) is 5.75 Å². The molecule has 0 aromatic heterocycles. The summed E-state index contributed by atoms with van der Waals surface area (Å²) >= 11 is 7.34. The van der Waals surface area contributed by atoms with Gasteiger partial charge in [-0.2, -0.15) is 0 Å². The van der Waals surface area contributed by atoms with Crippen LogP contribution in [0.4, 0.5) is 5.69 Å². The fraction of sp³-hybridized carbons (Fsp3) is 0.318. The maximum atomic E-state index is 12.3. The van der Waals surface area contributed by atoms with Crippen LogP contribution in [-0.2, 0) is 20.9 Å². The number of anilines is 1. The lowest BCUT2D eigenvalue weighted by molar-refractivity contribution is -0.125. The standard InChI is InChI=1S/C22H25ClN4O3S/c1-14-7-8-16(9-18(14)23)25-21(30)13-31-22-26-17(11-20(29)27-22)10-19(28)24-12-15-5-3-2-4-6-15/h2-9,17,22,26H,10-13H2,1H3,(H,24,28)(H,25,30)(H,27,29). The molecule has 0 bridgehead atoms. The van der Waals surface area contributed by atoms with Crippen LogP contribution >= 0.6 is 23.4 Å². The zero-order valence-corrected chi connectivity index (χ0v) is 18.7. The molecule has 0 saturated carbocycles. The van der Waals surface area contributed by atoms with Crippen LogP contribution in [-0.4, -0.2) is 35.0 Å². The minimum Gasteiger partial charge on any atom is -0.352 e. The molecule has 164 valence electrons. The fourth-order valence-electron chi connectivity index (χ4n) is 3.08. The molecule has 4 N–H and O–H groups in total. The van der Waals surface area contributed by atoms with Crippen molar-refractivity contribution in [1.82, 2.24) is 16.0 Å². The first kappa shape index (κ1) is 23.1. The summed E-state index contributed by atoms with van der Waals surface area (Å²) in [6.45, 7) is 2.33. The van der Waals surface area contributed by atoms with Crippen molar-refractivity contribution >= 4 is 46.8 Å². The molecule has 7 nitrogen and oxygen atoms in total. The van der Waals surface area contributed by atoms with Crippen LogP contribution in [0, 0.1) is 6.92 Å². The number of halogens is 1. The van der Waals surface area contributed by atoms with Crippen LogP contribution in [0.15, 0.2) is 48.5 Å². The lowest BCUT2D eigenvalue weighted by Crippen LogP contribution is -2.56. The lowest BCUT2D eigenvalue weighted by atomic mass is 10.1. The van der Waals surface area contributed by atoms with Crippen molar-refractivity contribution in [2.24, 2.45) is 0 Å². The Bertz CT molecular complexity index is 942. The number of benzene rings is 2. The molecule has 2 aromatic carbocycles. The van der Waals surface area contributed by atoms with E-state index in [0.717, 1.165) is 11.1 Å². The molecule has 2 unspecified atom stereocenters. The summed E-state index contributed by atoms with van der Waals surface area (Å²) in [5, 5.41) is 12.3. The second-order valence-corrected chi connectivity index (χ2v) is 8.81. The number of carbonyl (C=O) groups is 3. The van der Waals surface area contributed by atoms with Crippen molar-refractivity contribution in [3.63, 3.8) is 0 Å². The molecule has 3 rings (SSSR count). The van der Waals surface area contributed by atoms with E-state index >= 15 is 0 Å². The molecule has 9 heteroatoms. The van der Waals surface area contributed by atoms with Crippen LogP contribution < -0.4 is 21.3 Å². The van der Waals surface area contributed by atoms with Crippen LogP contribution in [0.1, 0.15) is 24.0 Å². The zero-order valence-electron chi connectivity index (χ0n) is 17.1. The van der Waals surface area contributed by atoms with Crippen molar-refractivity contribution in [2.75, 3.05) is 11.1 Å². The maximum absolute atomic E-state index is 12.3. The molecule has 0 radical (unpaired) electrons. The molecule has 2 aromatic rings. The van der Waals surface area contributed by atoms with Gasteiger partial charge in [-0.15, -0.1) is 11.8 Å². The third kappa shape index (κ3) is 7.57. The van der Waals surface area contributed by atoms with Crippen molar-refractivity contribution in [3.05, 3.63) is 64.7 Å². The smallest absolute Gasteiger partial charge is 0.234 e. The van der Waals surface area contributed by atoms with E-state index < -0.39 is 5.50 Å². The summed E-state index contributed by atoms with van der Waals surface area (Å²) in [5.41, 5.74) is 2.12. The number of hydrogen-bond acceptors (Lipinski definition) is 5. The summed E-state index contributed by atoms with van der Waals surface area (Å²) < 4.78 is 0.